The van der Waals surface area contributed by atoms with E-state index in [1.807, 2.05) is 31.2 Å². The molecular formula is C26H24N2O4S. The lowest BCUT2D eigenvalue weighted by atomic mass is 9.76. The molecule has 1 aromatic heterocycles. The van der Waals surface area contributed by atoms with Gasteiger partial charge in [-0.1, -0.05) is 55.0 Å². The first-order chi connectivity index (χ1) is 15.8. The SMILES string of the molecule is Cc1ccc(S(=O)(=O)n2cc([C@]3([C@@H](C)CO)Nc4ccccc4C3=O)c3ccccc32)cc1. The Morgan fingerprint density at radius 1 is 1.00 bits per heavy atom. The molecule has 2 heterocycles. The summed E-state index contributed by atoms with van der Waals surface area (Å²) < 4.78 is 28.5. The van der Waals surface area contributed by atoms with Crippen LogP contribution in [0.1, 0.15) is 28.4 Å². The van der Waals surface area contributed by atoms with Crippen molar-refractivity contribution < 1.29 is 18.3 Å². The van der Waals surface area contributed by atoms with E-state index in [-0.39, 0.29) is 17.3 Å². The van der Waals surface area contributed by atoms with E-state index in [0.29, 0.717) is 27.7 Å². The molecule has 6 nitrogen and oxygen atoms in total. The van der Waals surface area contributed by atoms with Gasteiger partial charge in [-0.3, -0.25) is 4.79 Å². The smallest absolute Gasteiger partial charge is 0.268 e. The van der Waals surface area contributed by atoms with Gasteiger partial charge in [0.1, 0.15) is 5.54 Å². The summed E-state index contributed by atoms with van der Waals surface area (Å²) in [5.41, 5.74) is 1.85. The molecule has 2 atom stereocenters. The third kappa shape index (κ3) is 3.03. The number of hydrogen-bond donors (Lipinski definition) is 2. The van der Waals surface area contributed by atoms with Crippen LogP contribution in [0.5, 0.6) is 0 Å². The highest BCUT2D eigenvalue weighted by Gasteiger charge is 2.52. The summed E-state index contributed by atoms with van der Waals surface area (Å²) in [5, 5.41) is 14.1. The van der Waals surface area contributed by atoms with Gasteiger partial charge in [0.25, 0.3) is 10.0 Å². The number of para-hydroxylation sites is 2. The molecular weight excluding hydrogens is 436 g/mol. The topological polar surface area (TPSA) is 88.4 Å². The summed E-state index contributed by atoms with van der Waals surface area (Å²) in [4.78, 5) is 14.0. The minimum Gasteiger partial charge on any atom is -0.396 e. The zero-order chi connectivity index (χ0) is 23.4. The average molecular weight is 461 g/mol. The monoisotopic (exact) mass is 460 g/mol. The van der Waals surface area contributed by atoms with Gasteiger partial charge in [-0.05, 0) is 37.3 Å². The molecule has 1 aliphatic rings. The first-order valence-corrected chi connectivity index (χ1v) is 12.2. The van der Waals surface area contributed by atoms with Gasteiger partial charge in [0, 0.05) is 40.9 Å². The van der Waals surface area contributed by atoms with Gasteiger partial charge in [-0.15, -0.1) is 0 Å². The second kappa shape index (κ2) is 7.57. The van der Waals surface area contributed by atoms with Crippen LogP contribution >= 0.6 is 0 Å². The summed E-state index contributed by atoms with van der Waals surface area (Å²) in [6.07, 6.45) is 1.53. The number of carbonyl (C=O) groups excluding carboxylic acids is 1. The Bertz CT molecular complexity index is 1490. The van der Waals surface area contributed by atoms with Gasteiger partial charge in [0.15, 0.2) is 5.78 Å². The van der Waals surface area contributed by atoms with E-state index < -0.39 is 21.5 Å². The molecule has 168 valence electrons. The zero-order valence-corrected chi connectivity index (χ0v) is 19.1. The Labute approximate surface area is 192 Å². The van der Waals surface area contributed by atoms with Crippen molar-refractivity contribution in [2.24, 2.45) is 5.92 Å². The number of fused-ring (bicyclic) bond motifs is 2. The van der Waals surface area contributed by atoms with E-state index in [9.17, 15) is 18.3 Å². The maximum atomic E-state index is 13.8. The summed E-state index contributed by atoms with van der Waals surface area (Å²) in [7, 11) is -3.92. The fourth-order valence-corrected chi connectivity index (χ4v) is 6.07. The van der Waals surface area contributed by atoms with E-state index in [1.165, 1.54) is 10.2 Å². The fraction of sp³-hybridized carbons (Fsp3) is 0.192. The lowest BCUT2D eigenvalue weighted by Gasteiger charge is -2.33. The number of aliphatic hydroxyl groups is 1. The molecule has 0 radical (unpaired) electrons. The summed E-state index contributed by atoms with van der Waals surface area (Å²) in [6, 6.07) is 21.0. The van der Waals surface area contributed by atoms with Gasteiger partial charge < -0.3 is 10.4 Å². The van der Waals surface area contributed by atoms with Crippen LogP contribution in [-0.4, -0.2) is 29.9 Å². The highest BCUT2D eigenvalue weighted by molar-refractivity contribution is 7.90. The number of hydrogen-bond acceptors (Lipinski definition) is 5. The molecule has 0 saturated heterocycles. The highest BCUT2D eigenvalue weighted by atomic mass is 32.2. The molecule has 33 heavy (non-hydrogen) atoms. The number of nitrogens with one attached hydrogen (secondary N) is 1. The Balaban J connectivity index is 1.79. The normalized spacial score (nSPS) is 18.8. The van der Waals surface area contributed by atoms with Crippen LogP contribution in [-0.2, 0) is 15.6 Å². The highest BCUT2D eigenvalue weighted by Crippen LogP contribution is 2.47. The lowest BCUT2D eigenvalue weighted by molar-refractivity contribution is 0.0822. The largest absolute Gasteiger partial charge is 0.396 e. The van der Waals surface area contributed by atoms with Crippen molar-refractivity contribution in [2.45, 2.75) is 24.3 Å². The third-order valence-corrected chi connectivity index (χ3v) is 8.24. The molecule has 5 rings (SSSR count). The van der Waals surface area contributed by atoms with Gasteiger partial charge in [0.05, 0.1) is 10.4 Å². The number of nitrogens with zero attached hydrogens (tertiary/aromatic N) is 1. The number of aliphatic hydroxyl groups excluding tert-OH is 1. The average Bonchev–Trinajstić information content (AvgIpc) is 3.36. The van der Waals surface area contributed by atoms with Crippen molar-refractivity contribution in [3.63, 3.8) is 0 Å². The summed E-state index contributed by atoms with van der Waals surface area (Å²) >= 11 is 0. The number of benzene rings is 3. The summed E-state index contributed by atoms with van der Waals surface area (Å²) in [6.45, 7) is 3.43. The molecule has 0 spiro atoms. The molecule has 0 saturated carbocycles. The first kappa shape index (κ1) is 21.4. The molecule has 2 N–H and O–H groups in total. The van der Waals surface area contributed by atoms with Crippen molar-refractivity contribution in [1.29, 1.82) is 0 Å². The van der Waals surface area contributed by atoms with E-state index in [0.717, 1.165) is 5.56 Å². The molecule has 3 aromatic carbocycles. The number of carbonyl (C=O) groups is 1. The fourth-order valence-electron chi connectivity index (χ4n) is 4.70. The van der Waals surface area contributed by atoms with Crippen molar-refractivity contribution >= 4 is 32.4 Å². The predicted octanol–water partition coefficient (Wildman–Crippen LogP) is 4.32. The molecule has 4 aromatic rings. The molecule has 0 unspecified atom stereocenters. The second-order valence-corrected chi connectivity index (χ2v) is 10.4. The second-order valence-electron chi connectivity index (χ2n) is 8.57. The Morgan fingerprint density at radius 3 is 2.36 bits per heavy atom. The number of aromatic nitrogens is 1. The number of anilines is 1. The van der Waals surface area contributed by atoms with Gasteiger partial charge in [-0.2, -0.15) is 0 Å². The molecule has 0 aliphatic carbocycles. The van der Waals surface area contributed by atoms with Crippen molar-refractivity contribution in [3.05, 3.63) is 95.7 Å². The minimum absolute atomic E-state index is 0.165. The van der Waals surface area contributed by atoms with Crippen molar-refractivity contribution in [1.82, 2.24) is 3.97 Å². The van der Waals surface area contributed by atoms with Crippen LogP contribution in [0.4, 0.5) is 5.69 Å². The standard InChI is InChI=1S/C26H24N2O4S/c1-17-11-13-19(14-12-17)33(31,32)28-15-22(20-7-4-6-10-24(20)28)26(18(2)16-29)25(30)21-8-3-5-9-23(21)27-26/h3-15,18,27,29H,16H2,1-2H3/t18-,26-/m0/s1. The van der Waals surface area contributed by atoms with Crippen molar-refractivity contribution in [2.75, 3.05) is 11.9 Å². The number of ketones is 1. The molecule has 1 aliphatic heterocycles. The predicted molar refractivity (Wildman–Crippen MR) is 128 cm³/mol. The van der Waals surface area contributed by atoms with Crippen LogP contribution in [0.25, 0.3) is 10.9 Å². The Morgan fingerprint density at radius 2 is 1.67 bits per heavy atom. The maximum Gasteiger partial charge on any atom is 0.268 e. The van der Waals surface area contributed by atoms with E-state index in [4.69, 9.17) is 0 Å². The minimum atomic E-state index is -3.92. The van der Waals surface area contributed by atoms with Crippen LogP contribution in [0.2, 0.25) is 0 Å². The zero-order valence-electron chi connectivity index (χ0n) is 18.3. The van der Waals surface area contributed by atoms with Crippen LogP contribution < -0.4 is 5.32 Å². The number of Topliss-reactive ketones (excluding diaryl/α,β-unsaturated/α-hetero) is 1. The van der Waals surface area contributed by atoms with Crippen LogP contribution in [0.3, 0.4) is 0 Å². The Hall–Kier alpha value is -3.42. The summed E-state index contributed by atoms with van der Waals surface area (Å²) in [5.74, 6) is -0.700. The number of rotatable bonds is 5. The first-order valence-electron chi connectivity index (χ1n) is 10.8. The van der Waals surface area contributed by atoms with E-state index in [1.54, 1.807) is 55.5 Å². The lowest BCUT2D eigenvalue weighted by Crippen LogP contribution is -2.46. The van der Waals surface area contributed by atoms with Crippen LogP contribution in [0, 0.1) is 12.8 Å². The van der Waals surface area contributed by atoms with Gasteiger partial charge in [-0.25, -0.2) is 12.4 Å². The maximum absolute atomic E-state index is 13.8. The third-order valence-electron chi connectivity index (χ3n) is 6.56. The van der Waals surface area contributed by atoms with E-state index >= 15 is 0 Å². The molecule has 7 heteroatoms. The Kier molecular flexibility index (Phi) is 4.92. The molecule has 0 amide bonds. The van der Waals surface area contributed by atoms with Crippen LogP contribution in [0.15, 0.2) is 83.9 Å². The molecule has 0 bridgehead atoms. The van der Waals surface area contributed by atoms with Gasteiger partial charge in [0.2, 0.25) is 0 Å². The van der Waals surface area contributed by atoms with Gasteiger partial charge >= 0.3 is 0 Å². The number of aryl methyl sites for hydroxylation is 1. The van der Waals surface area contributed by atoms with Crippen molar-refractivity contribution in [3.8, 4) is 0 Å². The quantitative estimate of drug-likeness (QED) is 0.463. The van der Waals surface area contributed by atoms with E-state index in [2.05, 4.69) is 5.32 Å². The molecule has 0 fully saturated rings.